The number of H-pyrrole nitrogens is 2. The number of aromatic amines is 2. The van der Waals surface area contributed by atoms with Gasteiger partial charge in [-0.25, -0.2) is 0 Å². The topological polar surface area (TPSA) is 629 Å². The van der Waals surface area contributed by atoms with Crippen LogP contribution in [0.15, 0.2) is 85.2 Å². The number of aliphatic hydroxyl groups is 1. The molecule has 17 amide bonds. The van der Waals surface area contributed by atoms with E-state index in [9.17, 15) is 58.2 Å². The predicted octanol–water partition coefficient (Wildman–Crippen LogP) is -2.18. The van der Waals surface area contributed by atoms with E-state index in [1.54, 1.807) is 55.7 Å². The molecule has 5 aromatic rings. The zero-order valence-electron chi connectivity index (χ0n) is 76.1. The number of phenols is 1. The summed E-state index contributed by atoms with van der Waals surface area (Å²) >= 11 is 0.801. The summed E-state index contributed by atoms with van der Waals surface area (Å²) in [5.74, 6) is -16.2. The molecule has 24 N–H and O–H groups in total. The first-order valence-corrected chi connectivity index (χ1v) is 46.4. The summed E-state index contributed by atoms with van der Waals surface area (Å²) in [7, 11) is 4.03. The zero-order chi connectivity index (χ0) is 96.6. The summed E-state index contributed by atoms with van der Waals surface area (Å²) in [5, 5.41) is 49.9. The number of amides is 17. The molecule has 2 aromatic heterocycles. The number of unbranched alkanes of at least 4 members (excludes halogenated alkanes) is 4. The molecule has 0 spiro atoms. The largest absolute Gasteiger partial charge is 0.508 e. The molecule has 0 unspecified atom stereocenters. The summed E-state index contributed by atoms with van der Waals surface area (Å²) in [6.45, 7) is 5.26. The lowest BCUT2D eigenvalue weighted by atomic mass is 9.99. The van der Waals surface area contributed by atoms with Crippen LogP contribution in [-0.4, -0.2) is 308 Å². The van der Waals surface area contributed by atoms with Crippen LogP contribution < -0.4 is 81.8 Å². The number of likely N-dealkylation sites (N-methyl/N-ethyl adjacent to an activating group) is 3. The summed E-state index contributed by atoms with van der Waals surface area (Å²) in [5.41, 5.74) is 32.2. The van der Waals surface area contributed by atoms with Crippen molar-refractivity contribution in [2.75, 3.05) is 71.9 Å². The monoisotopic (exact) mass is 1860 g/mol. The maximum Gasteiger partial charge on any atom is 0.246 e. The van der Waals surface area contributed by atoms with Crippen LogP contribution in [0.25, 0.3) is 21.8 Å². The second kappa shape index (κ2) is 51.5. The normalized spacial score (nSPS) is 25.1. The third-order valence-corrected chi connectivity index (χ3v) is 25.2. The second-order valence-corrected chi connectivity index (χ2v) is 35.0. The van der Waals surface area contributed by atoms with Gasteiger partial charge in [0.1, 0.15) is 90.3 Å². The lowest BCUT2D eigenvalue weighted by molar-refractivity contribution is -0.149. The molecule has 5 heterocycles. The molecule has 3 aliphatic rings. The van der Waals surface area contributed by atoms with E-state index in [4.69, 9.17) is 28.7 Å². The molecule has 3 aliphatic heterocycles. The molecule has 0 saturated carbocycles. The molecule has 3 fully saturated rings. The van der Waals surface area contributed by atoms with Crippen molar-refractivity contribution in [3.63, 3.8) is 0 Å². The van der Waals surface area contributed by atoms with Gasteiger partial charge in [-0.15, -0.1) is 11.8 Å². The van der Waals surface area contributed by atoms with Crippen LogP contribution >= 0.6 is 11.8 Å². The quantitative estimate of drug-likeness (QED) is 0.0237. The number of rotatable bonds is 28. The number of hydrogen-bond donors (Lipinski definition) is 19. The van der Waals surface area contributed by atoms with Gasteiger partial charge in [0.15, 0.2) is 0 Å². The summed E-state index contributed by atoms with van der Waals surface area (Å²) in [6, 6.07) is -0.791. The highest BCUT2D eigenvalue weighted by Crippen LogP contribution is 2.28. The van der Waals surface area contributed by atoms with Gasteiger partial charge in [0, 0.05) is 106 Å². The predicted molar refractivity (Wildman–Crippen MR) is 492 cm³/mol. The van der Waals surface area contributed by atoms with Crippen LogP contribution in [0.3, 0.4) is 0 Å². The van der Waals surface area contributed by atoms with Crippen LogP contribution in [-0.2, 0) is 101 Å². The number of benzene rings is 3. The number of hydrogen-bond acceptors (Lipinski definition) is 23. The number of nitrogens with two attached hydrogens (primary N) is 5. The van der Waals surface area contributed by atoms with Crippen molar-refractivity contribution < 1.29 is 91.7 Å². The fourth-order valence-electron chi connectivity index (χ4n) is 16.6. The molecular weight excluding hydrogens is 1730 g/mol. The van der Waals surface area contributed by atoms with Crippen molar-refractivity contribution in [2.45, 2.75) is 253 Å². The Labute approximate surface area is 771 Å². The minimum atomic E-state index is -1.76. The molecule has 722 valence electrons. The average molecular weight is 1860 g/mol. The van der Waals surface area contributed by atoms with Gasteiger partial charge in [0.05, 0.1) is 24.8 Å². The van der Waals surface area contributed by atoms with Crippen molar-refractivity contribution >= 4 is 134 Å². The summed E-state index contributed by atoms with van der Waals surface area (Å²) < 4.78 is 0. The van der Waals surface area contributed by atoms with Crippen molar-refractivity contribution in [1.29, 1.82) is 0 Å². The van der Waals surface area contributed by atoms with Gasteiger partial charge in [-0.1, -0.05) is 101 Å². The van der Waals surface area contributed by atoms with Crippen LogP contribution in [0.4, 0.5) is 0 Å². The number of phenolic OH excluding ortho intramolecular Hbond substituents is 1. The number of carbonyl (C=O) groups is 17. The van der Waals surface area contributed by atoms with Crippen LogP contribution in [0, 0.1) is 0 Å². The van der Waals surface area contributed by atoms with Crippen molar-refractivity contribution in [3.05, 3.63) is 102 Å². The van der Waals surface area contributed by atoms with Crippen LogP contribution in [0.5, 0.6) is 5.75 Å². The molecule has 0 bridgehead atoms. The van der Waals surface area contributed by atoms with Crippen molar-refractivity contribution in [1.82, 2.24) is 87.6 Å². The number of aliphatic hydroxyl groups excluding tert-OH is 1. The standard InChI is InChI=1S/C90H132N22O19S/c1-8-11-29-70-83(124)101-61(22-10-3)79(120)107-69(78(119)98-47-75(95)116)49-132-50-76(117)99-65(39-52-32-34-55(113)35-33-52)86(127)108(5)51(4)77(118)104-67(43-74(94)115)89(130)111-38-21-31-71(111)84(125)106-68(44-93)82(123)102-63(28-18-20-37-92)88(129)112-48-56(114)42-73(112)85(126)103-64(40-53-45-96-59-25-15-13-23-57(53)59)81(122)100-62(27-17-19-36-91)80(121)105-66(41-54-46-97-60-26-16-14-24-58(54)60)87(128)110(7)72(30-12-9-2)90(131)109(70)6/h13-16,23-26,32-35,45-46,51,56,61-73,96-97,113-114H,8-12,17-22,27-31,36-44,47-50,91-93H2,1-7H3,(H2,94,115)(H2,95,116)(H,98,119)(H,99,117)(H,100,122)(H,101,124)(H,102,123)(H,103,126)(H,104,118)(H,105,121)(H,106,125)(H,107,120)/t51-,56+,61-,62-,63-,64-,65-,66-,67-,68-,69-,70-,71-,72-,73-/m0/s1. The highest BCUT2D eigenvalue weighted by atomic mass is 32.2. The van der Waals surface area contributed by atoms with E-state index in [1.807, 2.05) is 26.0 Å². The first kappa shape index (κ1) is 105. The van der Waals surface area contributed by atoms with Crippen LogP contribution in [0.1, 0.15) is 160 Å². The average Bonchev–Trinajstić information content (AvgIpc) is 1.70. The van der Waals surface area contributed by atoms with E-state index in [0.717, 1.165) is 26.5 Å². The third-order valence-electron chi connectivity index (χ3n) is 24.2. The number of primary amides is 2. The molecule has 15 atom stereocenters. The fraction of sp³-hybridized carbons (Fsp3) is 0.567. The number of thioether (sulfide) groups is 1. The maximum atomic E-state index is 15.9. The SMILES string of the molecule is CCCC[C@H]1C(=O)N(C)[C@@H](CCCC)C(=O)N[C@@H](CCC)C(=O)N[C@H](C(=O)NCC(N)=O)CSCC(=O)N[C@@H](Cc2ccc(O)cc2)C(=O)N(C)[C@@H](C)C(=O)N[C@@H](CC(N)=O)C(=O)N2CCC[C@H]2C(=O)N[C@@H](CN)C(=O)N[C@@H](CCCCN)C(=O)N2C[C@H](O)C[C@H]2C(=O)N[C@@H](Cc2c[nH]c3ccccc23)C(=O)N[C@@H](CCCCN)C(=O)N[C@@H](Cc2c[nH]c3ccccc23)C(=O)N1C. The van der Waals surface area contributed by atoms with Crippen molar-refractivity contribution in [3.8, 4) is 5.75 Å². The smallest absolute Gasteiger partial charge is 0.246 e. The Bertz CT molecular complexity index is 4860. The third kappa shape index (κ3) is 29.4. The zero-order valence-corrected chi connectivity index (χ0v) is 76.9. The van der Waals surface area contributed by atoms with E-state index < -0.39 is 223 Å². The van der Waals surface area contributed by atoms with Gasteiger partial charge >= 0.3 is 0 Å². The minimum absolute atomic E-state index is 0.0101. The van der Waals surface area contributed by atoms with Gasteiger partial charge in [-0.05, 0) is 132 Å². The second-order valence-electron chi connectivity index (χ2n) is 34.0. The Morgan fingerprint density at radius 2 is 0.977 bits per heavy atom. The van der Waals surface area contributed by atoms with E-state index in [-0.39, 0.29) is 121 Å². The van der Waals surface area contributed by atoms with Gasteiger partial charge in [0.25, 0.3) is 0 Å². The molecule has 132 heavy (non-hydrogen) atoms. The highest BCUT2D eigenvalue weighted by Gasteiger charge is 2.47. The van der Waals surface area contributed by atoms with Gasteiger partial charge < -0.3 is 127 Å². The number of nitrogens with zero attached hydrogens (tertiary/aromatic N) is 5. The molecule has 42 heteroatoms. The van der Waals surface area contributed by atoms with E-state index in [2.05, 4.69) is 63.1 Å². The number of aromatic hydroxyl groups is 1. The van der Waals surface area contributed by atoms with Gasteiger partial charge in [-0.3, -0.25) is 81.5 Å². The number of aromatic nitrogens is 2. The van der Waals surface area contributed by atoms with E-state index in [1.165, 1.54) is 62.1 Å². The summed E-state index contributed by atoms with van der Waals surface area (Å²) in [6.07, 6.45) is 3.51. The van der Waals surface area contributed by atoms with Crippen molar-refractivity contribution in [2.24, 2.45) is 28.7 Å². The molecular formula is C90H132N22O19S. The Balaban J connectivity index is 1.19. The summed E-state index contributed by atoms with van der Waals surface area (Å²) in [4.78, 5) is 261. The first-order chi connectivity index (χ1) is 63.1. The lowest BCUT2D eigenvalue weighted by Crippen LogP contribution is -2.61. The highest BCUT2D eigenvalue weighted by molar-refractivity contribution is 8.00. The number of carbonyl (C=O) groups excluding carboxylic acids is 17. The number of fused-ring (bicyclic) bond motifs is 4. The van der Waals surface area contributed by atoms with E-state index in [0.29, 0.717) is 77.0 Å². The molecule has 41 nitrogen and oxygen atoms in total. The Hall–Kier alpha value is -12.3. The molecule has 0 aliphatic carbocycles. The maximum absolute atomic E-state index is 15.9. The fourth-order valence-corrected chi connectivity index (χ4v) is 17.4. The number of nitrogens with one attached hydrogen (secondary N) is 12. The van der Waals surface area contributed by atoms with Gasteiger partial charge in [0.2, 0.25) is 100 Å². The molecule has 3 saturated heterocycles. The molecule has 8 rings (SSSR count). The first-order valence-electron chi connectivity index (χ1n) is 45.3. The van der Waals surface area contributed by atoms with E-state index >= 15 is 33.6 Å². The number of para-hydroxylation sites is 2. The Morgan fingerprint density at radius 1 is 0.477 bits per heavy atom. The lowest BCUT2D eigenvalue weighted by Gasteiger charge is -2.36. The molecule has 3 aromatic carbocycles. The Kier molecular flexibility index (Phi) is 41.0. The molecule has 0 radical (unpaired) electrons. The minimum Gasteiger partial charge on any atom is -0.508 e. The van der Waals surface area contributed by atoms with Gasteiger partial charge in [-0.2, -0.15) is 0 Å². The Morgan fingerprint density at radius 3 is 1.58 bits per heavy atom. The van der Waals surface area contributed by atoms with Crippen LogP contribution in [0.2, 0.25) is 0 Å².